The van der Waals surface area contributed by atoms with Gasteiger partial charge in [-0.25, -0.2) is 4.98 Å². The fourth-order valence-electron chi connectivity index (χ4n) is 1.76. The lowest BCUT2D eigenvalue weighted by atomic mass is 10.2. The number of thiazole rings is 1. The second-order valence-electron chi connectivity index (χ2n) is 4.46. The molecule has 0 unspecified atom stereocenters. The predicted molar refractivity (Wildman–Crippen MR) is 82.2 cm³/mol. The molecule has 2 rings (SSSR count). The Labute approximate surface area is 126 Å². The minimum atomic E-state index is -0.519. The third-order valence-corrected chi connectivity index (χ3v) is 3.58. The fourth-order valence-corrected chi connectivity index (χ4v) is 2.49. The van der Waals surface area contributed by atoms with Gasteiger partial charge in [0.2, 0.25) is 5.91 Å². The number of carbonyl (C=O) groups excluding carboxylic acids is 2. The highest BCUT2D eigenvalue weighted by atomic mass is 32.1. The molecule has 21 heavy (non-hydrogen) atoms. The van der Waals surface area contributed by atoms with E-state index in [1.807, 2.05) is 12.4 Å². The number of H-pyrrole nitrogens is 1. The number of aromatic amines is 1. The first-order valence-corrected chi connectivity index (χ1v) is 7.36. The molecule has 8 heteroatoms. The first-order chi connectivity index (χ1) is 10.1. The maximum absolute atomic E-state index is 11.7. The summed E-state index contributed by atoms with van der Waals surface area (Å²) >= 11 is 1.34. The van der Waals surface area contributed by atoms with Crippen molar-refractivity contribution in [3.8, 4) is 11.3 Å². The molecule has 7 nitrogen and oxygen atoms in total. The van der Waals surface area contributed by atoms with Crippen molar-refractivity contribution in [1.29, 1.82) is 0 Å². The zero-order valence-corrected chi connectivity index (χ0v) is 12.4. The molecule has 0 saturated heterocycles. The van der Waals surface area contributed by atoms with Gasteiger partial charge in [0.05, 0.1) is 5.69 Å². The summed E-state index contributed by atoms with van der Waals surface area (Å²) in [7, 11) is 1.85. The number of nitrogens with zero attached hydrogens (tertiary/aromatic N) is 1. The molecule has 0 saturated carbocycles. The maximum Gasteiger partial charge on any atom is 0.265 e. The zero-order valence-electron chi connectivity index (χ0n) is 11.6. The van der Waals surface area contributed by atoms with Crippen LogP contribution in [0.25, 0.3) is 11.3 Å². The van der Waals surface area contributed by atoms with Gasteiger partial charge in [0.25, 0.3) is 5.91 Å². The second-order valence-corrected chi connectivity index (χ2v) is 5.32. The monoisotopic (exact) mass is 307 g/mol. The van der Waals surface area contributed by atoms with Crippen molar-refractivity contribution in [3.05, 3.63) is 23.3 Å². The Hall–Kier alpha value is -2.19. The summed E-state index contributed by atoms with van der Waals surface area (Å²) in [6.45, 7) is 0.801. The molecule has 0 aliphatic carbocycles. The van der Waals surface area contributed by atoms with Gasteiger partial charge in [-0.05, 0) is 26.1 Å². The maximum atomic E-state index is 11.7. The first kappa shape index (κ1) is 15.2. The fraction of sp³-hybridized carbons (Fsp3) is 0.308. The summed E-state index contributed by atoms with van der Waals surface area (Å²) in [5, 5.41) is 8.11. The molecule has 2 aromatic heterocycles. The van der Waals surface area contributed by atoms with Crippen LogP contribution in [0.1, 0.15) is 23.3 Å². The van der Waals surface area contributed by atoms with E-state index in [0.29, 0.717) is 22.9 Å². The molecule has 0 bridgehead atoms. The molecule has 0 aromatic carbocycles. The second kappa shape index (κ2) is 7.00. The molecule has 2 amide bonds. The molecule has 2 heterocycles. The van der Waals surface area contributed by atoms with Crippen LogP contribution in [-0.2, 0) is 4.79 Å². The van der Waals surface area contributed by atoms with Crippen molar-refractivity contribution in [2.75, 3.05) is 18.9 Å². The lowest BCUT2D eigenvalue weighted by molar-refractivity contribution is -0.116. The van der Waals surface area contributed by atoms with Crippen LogP contribution in [0.15, 0.2) is 17.6 Å². The SMILES string of the molecule is CNCCCC(=O)Nc1nc(-c2c[nH]c(C(N)=O)c2)cs1. The lowest BCUT2D eigenvalue weighted by Crippen LogP contribution is -2.15. The Morgan fingerprint density at radius 2 is 2.29 bits per heavy atom. The van der Waals surface area contributed by atoms with Crippen molar-refractivity contribution in [2.24, 2.45) is 5.73 Å². The molecule has 112 valence electrons. The number of rotatable bonds is 7. The van der Waals surface area contributed by atoms with E-state index < -0.39 is 5.91 Å². The van der Waals surface area contributed by atoms with Crippen LogP contribution < -0.4 is 16.4 Å². The van der Waals surface area contributed by atoms with Crippen molar-refractivity contribution in [2.45, 2.75) is 12.8 Å². The highest BCUT2D eigenvalue weighted by Crippen LogP contribution is 2.25. The van der Waals surface area contributed by atoms with Gasteiger partial charge >= 0.3 is 0 Å². The minimum absolute atomic E-state index is 0.0574. The summed E-state index contributed by atoms with van der Waals surface area (Å²) in [6.07, 6.45) is 2.89. The van der Waals surface area contributed by atoms with E-state index in [2.05, 4.69) is 20.6 Å². The molecular formula is C13H17N5O2S. The van der Waals surface area contributed by atoms with Crippen molar-refractivity contribution < 1.29 is 9.59 Å². The predicted octanol–water partition coefficient (Wildman–Crippen LogP) is 1.18. The Kier molecular flexibility index (Phi) is 5.07. The number of nitrogens with two attached hydrogens (primary N) is 1. The number of anilines is 1. The molecule has 0 aliphatic rings. The zero-order chi connectivity index (χ0) is 15.2. The van der Waals surface area contributed by atoms with Crippen LogP contribution in [0, 0.1) is 0 Å². The normalized spacial score (nSPS) is 10.5. The van der Waals surface area contributed by atoms with Crippen LogP contribution in [-0.4, -0.2) is 35.4 Å². The number of aromatic nitrogens is 2. The molecule has 0 spiro atoms. The highest BCUT2D eigenvalue weighted by molar-refractivity contribution is 7.14. The Bertz CT molecular complexity index is 634. The van der Waals surface area contributed by atoms with E-state index >= 15 is 0 Å². The third kappa shape index (κ3) is 4.14. The Morgan fingerprint density at radius 1 is 1.48 bits per heavy atom. The number of carbonyl (C=O) groups is 2. The number of hydrogen-bond acceptors (Lipinski definition) is 5. The van der Waals surface area contributed by atoms with Gasteiger partial charge in [-0.15, -0.1) is 11.3 Å². The van der Waals surface area contributed by atoms with Gasteiger partial charge in [-0.2, -0.15) is 0 Å². The minimum Gasteiger partial charge on any atom is -0.364 e. The van der Waals surface area contributed by atoms with Crippen molar-refractivity contribution >= 4 is 28.3 Å². The Morgan fingerprint density at radius 3 is 2.95 bits per heavy atom. The van der Waals surface area contributed by atoms with Gasteiger partial charge in [0.1, 0.15) is 5.69 Å². The molecule has 2 aromatic rings. The molecule has 0 radical (unpaired) electrons. The average Bonchev–Trinajstić information content (AvgIpc) is 3.07. The summed E-state index contributed by atoms with van der Waals surface area (Å²) in [4.78, 5) is 29.8. The Balaban J connectivity index is 1.97. The smallest absolute Gasteiger partial charge is 0.265 e. The summed E-state index contributed by atoms with van der Waals surface area (Å²) < 4.78 is 0. The van der Waals surface area contributed by atoms with Gasteiger partial charge in [0.15, 0.2) is 5.13 Å². The van der Waals surface area contributed by atoms with E-state index in [1.54, 1.807) is 12.3 Å². The molecular weight excluding hydrogens is 290 g/mol. The van der Waals surface area contributed by atoms with Crippen LogP contribution in [0.5, 0.6) is 0 Å². The number of primary amides is 1. The van der Waals surface area contributed by atoms with Gasteiger partial charge < -0.3 is 21.4 Å². The van der Waals surface area contributed by atoms with Crippen molar-refractivity contribution in [1.82, 2.24) is 15.3 Å². The van der Waals surface area contributed by atoms with E-state index in [1.165, 1.54) is 11.3 Å². The first-order valence-electron chi connectivity index (χ1n) is 6.48. The molecule has 0 aliphatic heterocycles. The summed E-state index contributed by atoms with van der Waals surface area (Å²) in [5.41, 5.74) is 6.96. The van der Waals surface area contributed by atoms with E-state index in [4.69, 9.17) is 5.73 Å². The summed E-state index contributed by atoms with van der Waals surface area (Å²) in [6, 6.07) is 1.63. The van der Waals surface area contributed by atoms with Crippen LogP contribution >= 0.6 is 11.3 Å². The van der Waals surface area contributed by atoms with E-state index in [0.717, 1.165) is 18.5 Å². The van der Waals surface area contributed by atoms with Crippen LogP contribution in [0.4, 0.5) is 5.13 Å². The summed E-state index contributed by atoms with van der Waals surface area (Å²) in [5.74, 6) is -0.576. The largest absolute Gasteiger partial charge is 0.364 e. The molecule has 0 atom stereocenters. The van der Waals surface area contributed by atoms with E-state index in [-0.39, 0.29) is 5.91 Å². The molecule has 0 fully saturated rings. The quantitative estimate of drug-likeness (QED) is 0.575. The number of amides is 2. The molecule has 5 N–H and O–H groups in total. The van der Waals surface area contributed by atoms with E-state index in [9.17, 15) is 9.59 Å². The lowest BCUT2D eigenvalue weighted by Gasteiger charge is -2.00. The highest BCUT2D eigenvalue weighted by Gasteiger charge is 2.10. The third-order valence-electron chi connectivity index (χ3n) is 2.83. The van der Waals surface area contributed by atoms with Gasteiger partial charge in [0, 0.05) is 23.6 Å². The number of hydrogen-bond donors (Lipinski definition) is 4. The van der Waals surface area contributed by atoms with Crippen LogP contribution in [0.3, 0.4) is 0 Å². The topological polar surface area (TPSA) is 113 Å². The van der Waals surface area contributed by atoms with Gasteiger partial charge in [-0.1, -0.05) is 0 Å². The van der Waals surface area contributed by atoms with Crippen molar-refractivity contribution in [3.63, 3.8) is 0 Å². The average molecular weight is 307 g/mol. The standard InChI is InChI=1S/C13H17N5O2S/c1-15-4-2-3-11(19)18-13-17-10(7-21-13)8-5-9(12(14)20)16-6-8/h5-7,15-16H,2-4H2,1H3,(H2,14,20)(H,17,18,19). The van der Waals surface area contributed by atoms with Gasteiger partial charge in [-0.3, -0.25) is 9.59 Å². The number of nitrogens with one attached hydrogen (secondary N) is 3. The van der Waals surface area contributed by atoms with Crippen LogP contribution in [0.2, 0.25) is 0 Å².